The predicted octanol–water partition coefficient (Wildman–Crippen LogP) is 1.56. The van der Waals surface area contributed by atoms with Crippen molar-refractivity contribution in [3.8, 4) is 0 Å². The Hall–Kier alpha value is -0.590. The number of aryl methyl sites for hydroxylation is 1. The molecule has 15 heavy (non-hydrogen) atoms. The third kappa shape index (κ3) is 3.48. The molecule has 0 aliphatic rings. The largest absolute Gasteiger partial charge is 0.293 e. The number of aromatic nitrogens is 1. The molecule has 1 rings (SSSR count). The van der Waals surface area contributed by atoms with Gasteiger partial charge in [-0.05, 0) is 12.8 Å². The summed E-state index contributed by atoms with van der Waals surface area (Å²) in [5.41, 5.74) is 3.17. The summed E-state index contributed by atoms with van der Waals surface area (Å²) in [6.45, 7) is 5.93. The maximum Gasteiger partial charge on any atom is 0.247 e. The number of hydrazine groups is 1. The summed E-state index contributed by atoms with van der Waals surface area (Å²) in [4.78, 5) is 15.8. The first-order valence-electron chi connectivity index (χ1n) is 4.64. The molecule has 1 aromatic heterocycles. The lowest BCUT2D eigenvalue weighted by Crippen LogP contribution is -2.39. The van der Waals surface area contributed by atoms with E-state index in [1.165, 1.54) is 11.8 Å². The van der Waals surface area contributed by atoms with Crippen LogP contribution in [0.4, 0.5) is 0 Å². The second kappa shape index (κ2) is 5.48. The topological polar surface area (TPSA) is 68.0 Å². The van der Waals surface area contributed by atoms with Gasteiger partial charge in [-0.25, -0.2) is 10.8 Å². The normalized spacial score (nSPS) is 12.9. The number of nitrogens with two attached hydrogens (primary N) is 1. The van der Waals surface area contributed by atoms with E-state index in [1.807, 2.05) is 26.2 Å². The fourth-order valence-corrected chi connectivity index (χ4v) is 3.13. The van der Waals surface area contributed by atoms with E-state index in [4.69, 9.17) is 5.84 Å². The molecule has 1 unspecified atom stereocenters. The van der Waals surface area contributed by atoms with E-state index in [1.54, 1.807) is 11.3 Å². The molecule has 1 atom stereocenters. The van der Waals surface area contributed by atoms with Crippen LogP contribution in [0.25, 0.3) is 0 Å². The van der Waals surface area contributed by atoms with Crippen LogP contribution in [0.2, 0.25) is 0 Å². The van der Waals surface area contributed by atoms with Gasteiger partial charge >= 0.3 is 0 Å². The highest BCUT2D eigenvalue weighted by Crippen LogP contribution is 2.30. The Balaban J connectivity index is 2.71. The standard InChI is InChI=1S/C9H15N3OS2/c1-5(2)7(8(13)12-10)15-9-11-6(3)4-14-9/h4-5,7H,10H2,1-3H3,(H,12,13). The van der Waals surface area contributed by atoms with Crippen molar-refractivity contribution >= 4 is 29.0 Å². The Kier molecular flexibility index (Phi) is 4.56. The van der Waals surface area contributed by atoms with Crippen molar-refractivity contribution in [1.82, 2.24) is 10.4 Å². The van der Waals surface area contributed by atoms with Crippen molar-refractivity contribution in [3.63, 3.8) is 0 Å². The van der Waals surface area contributed by atoms with Crippen LogP contribution < -0.4 is 11.3 Å². The van der Waals surface area contributed by atoms with Crippen LogP contribution in [-0.2, 0) is 4.79 Å². The van der Waals surface area contributed by atoms with Gasteiger partial charge in [-0.2, -0.15) is 0 Å². The molecular formula is C9H15N3OS2. The molecule has 6 heteroatoms. The van der Waals surface area contributed by atoms with Gasteiger partial charge in [-0.1, -0.05) is 25.6 Å². The summed E-state index contributed by atoms with van der Waals surface area (Å²) in [5, 5.41) is 1.79. The molecule has 0 aromatic carbocycles. The molecule has 4 nitrogen and oxygen atoms in total. The summed E-state index contributed by atoms with van der Waals surface area (Å²) < 4.78 is 0.912. The number of amides is 1. The highest BCUT2D eigenvalue weighted by atomic mass is 32.2. The molecule has 84 valence electrons. The zero-order valence-electron chi connectivity index (χ0n) is 8.98. The number of carbonyl (C=O) groups excluding carboxylic acids is 1. The number of hydrogen-bond donors (Lipinski definition) is 2. The van der Waals surface area contributed by atoms with Gasteiger partial charge in [0.15, 0.2) is 4.34 Å². The number of rotatable bonds is 4. The van der Waals surface area contributed by atoms with Crippen LogP contribution >= 0.6 is 23.1 Å². The Bertz CT molecular complexity index is 338. The lowest BCUT2D eigenvalue weighted by Gasteiger charge is -2.16. The van der Waals surface area contributed by atoms with Gasteiger partial charge in [0, 0.05) is 11.1 Å². The monoisotopic (exact) mass is 245 g/mol. The third-order valence-electron chi connectivity index (χ3n) is 1.83. The summed E-state index contributed by atoms with van der Waals surface area (Å²) in [6.07, 6.45) is 0. The van der Waals surface area contributed by atoms with Crippen molar-refractivity contribution in [2.45, 2.75) is 30.4 Å². The van der Waals surface area contributed by atoms with Gasteiger partial charge in [0.1, 0.15) is 0 Å². The first kappa shape index (κ1) is 12.5. The molecule has 0 saturated carbocycles. The molecule has 0 bridgehead atoms. The smallest absolute Gasteiger partial charge is 0.247 e. The lowest BCUT2D eigenvalue weighted by molar-refractivity contribution is -0.121. The SMILES string of the molecule is Cc1csc(SC(C(=O)NN)C(C)C)n1. The van der Waals surface area contributed by atoms with Crippen LogP contribution in [0.5, 0.6) is 0 Å². The van der Waals surface area contributed by atoms with Gasteiger partial charge in [0.25, 0.3) is 0 Å². The lowest BCUT2D eigenvalue weighted by atomic mass is 10.1. The van der Waals surface area contributed by atoms with E-state index >= 15 is 0 Å². The fraction of sp³-hybridized carbons (Fsp3) is 0.556. The van der Waals surface area contributed by atoms with Crippen LogP contribution in [0, 0.1) is 12.8 Å². The van der Waals surface area contributed by atoms with Crippen LogP contribution in [0.3, 0.4) is 0 Å². The average Bonchev–Trinajstić information content (AvgIpc) is 2.59. The zero-order valence-corrected chi connectivity index (χ0v) is 10.6. The molecule has 1 aromatic rings. The summed E-state index contributed by atoms with van der Waals surface area (Å²) in [6, 6.07) is 0. The van der Waals surface area contributed by atoms with Gasteiger partial charge in [0.05, 0.1) is 5.25 Å². The molecule has 0 aliphatic heterocycles. The minimum atomic E-state index is -0.180. The number of hydrogen-bond acceptors (Lipinski definition) is 5. The summed E-state index contributed by atoms with van der Waals surface area (Å²) in [5.74, 6) is 5.21. The van der Waals surface area contributed by atoms with Crippen molar-refractivity contribution < 1.29 is 4.79 Å². The second-order valence-corrected chi connectivity index (χ2v) is 5.79. The van der Waals surface area contributed by atoms with Crippen LogP contribution in [0.1, 0.15) is 19.5 Å². The third-order valence-corrected chi connectivity index (χ3v) is 4.47. The minimum absolute atomic E-state index is 0.150. The predicted molar refractivity (Wildman–Crippen MR) is 63.7 cm³/mol. The van der Waals surface area contributed by atoms with E-state index in [2.05, 4.69) is 10.4 Å². The average molecular weight is 245 g/mol. The summed E-state index contributed by atoms with van der Waals surface area (Å²) in [7, 11) is 0. The minimum Gasteiger partial charge on any atom is -0.293 e. The first-order valence-corrected chi connectivity index (χ1v) is 6.39. The van der Waals surface area contributed by atoms with Crippen molar-refractivity contribution in [2.75, 3.05) is 0 Å². The van der Waals surface area contributed by atoms with Crippen molar-refractivity contribution in [3.05, 3.63) is 11.1 Å². The molecule has 0 spiro atoms. The number of thiazole rings is 1. The van der Waals surface area contributed by atoms with Crippen molar-refractivity contribution in [2.24, 2.45) is 11.8 Å². The second-order valence-electron chi connectivity index (χ2n) is 3.55. The van der Waals surface area contributed by atoms with E-state index in [-0.39, 0.29) is 17.1 Å². The number of nitrogens with one attached hydrogen (secondary N) is 1. The Morgan fingerprint density at radius 2 is 2.33 bits per heavy atom. The van der Waals surface area contributed by atoms with Gasteiger partial charge in [-0.15, -0.1) is 11.3 Å². The molecule has 0 saturated heterocycles. The number of nitrogens with zero attached hydrogens (tertiary/aromatic N) is 1. The van der Waals surface area contributed by atoms with Crippen molar-refractivity contribution in [1.29, 1.82) is 0 Å². The summed E-state index contributed by atoms with van der Waals surface area (Å²) >= 11 is 3.02. The van der Waals surface area contributed by atoms with E-state index in [9.17, 15) is 4.79 Å². The first-order chi connectivity index (χ1) is 7.04. The van der Waals surface area contributed by atoms with E-state index < -0.39 is 0 Å². The highest BCUT2D eigenvalue weighted by molar-refractivity contribution is 8.02. The molecule has 0 aliphatic carbocycles. The molecule has 1 heterocycles. The Labute approximate surface area is 97.6 Å². The molecule has 3 N–H and O–H groups in total. The Morgan fingerprint density at radius 3 is 2.73 bits per heavy atom. The number of thioether (sulfide) groups is 1. The molecule has 0 fully saturated rings. The number of carbonyl (C=O) groups is 1. The highest BCUT2D eigenvalue weighted by Gasteiger charge is 2.23. The van der Waals surface area contributed by atoms with Gasteiger partial charge < -0.3 is 0 Å². The van der Waals surface area contributed by atoms with Gasteiger partial charge in [-0.3, -0.25) is 10.2 Å². The molecular weight excluding hydrogens is 230 g/mol. The van der Waals surface area contributed by atoms with Crippen LogP contribution in [-0.4, -0.2) is 16.1 Å². The fourth-order valence-electron chi connectivity index (χ4n) is 1.07. The Morgan fingerprint density at radius 1 is 1.67 bits per heavy atom. The maximum atomic E-state index is 11.5. The quantitative estimate of drug-likeness (QED) is 0.365. The molecule has 0 radical (unpaired) electrons. The van der Waals surface area contributed by atoms with E-state index in [0.717, 1.165) is 10.0 Å². The maximum absolute atomic E-state index is 11.5. The van der Waals surface area contributed by atoms with Gasteiger partial charge in [0.2, 0.25) is 5.91 Å². The van der Waals surface area contributed by atoms with Crippen LogP contribution in [0.15, 0.2) is 9.72 Å². The zero-order chi connectivity index (χ0) is 11.4. The molecule has 1 amide bonds. The van der Waals surface area contributed by atoms with E-state index in [0.29, 0.717) is 0 Å².